The van der Waals surface area contributed by atoms with Crippen LogP contribution in [0.2, 0.25) is 0 Å². The minimum absolute atomic E-state index is 0.0766. The van der Waals surface area contributed by atoms with E-state index in [2.05, 4.69) is 13.5 Å². The molecule has 0 amide bonds. The second kappa shape index (κ2) is 23.3. The Hall–Kier alpha value is -1.32. The van der Waals surface area contributed by atoms with E-state index < -0.39 is 12.1 Å². The molecule has 0 saturated heterocycles. The number of ether oxygens (including phenoxy) is 1. The highest BCUT2D eigenvalue weighted by Gasteiger charge is 2.17. The summed E-state index contributed by atoms with van der Waals surface area (Å²) in [5.41, 5.74) is 0. The first kappa shape index (κ1) is 29.7. The van der Waals surface area contributed by atoms with Gasteiger partial charge in [0.25, 0.3) is 0 Å². The molecule has 0 aliphatic heterocycles. The van der Waals surface area contributed by atoms with Crippen molar-refractivity contribution >= 4 is 11.9 Å². The summed E-state index contributed by atoms with van der Waals surface area (Å²) in [5.74, 6) is -1.12. The zero-order chi connectivity index (χ0) is 23.0. The Morgan fingerprint density at radius 1 is 0.774 bits per heavy atom. The fourth-order valence-electron chi connectivity index (χ4n) is 3.94. The molecular weight excluding hydrogens is 388 g/mol. The van der Waals surface area contributed by atoms with Crippen molar-refractivity contribution < 1.29 is 19.4 Å². The number of carboxylic acids is 1. The van der Waals surface area contributed by atoms with Crippen LogP contribution in [0.4, 0.5) is 0 Å². The van der Waals surface area contributed by atoms with Crippen molar-refractivity contribution in [2.75, 3.05) is 0 Å². The van der Waals surface area contributed by atoms with Gasteiger partial charge in [-0.25, -0.2) is 0 Å². The normalized spacial score (nSPS) is 11.9. The highest BCUT2D eigenvalue weighted by atomic mass is 16.5. The molecule has 0 saturated carbocycles. The number of carbonyl (C=O) groups excluding carboxylic acids is 1. The molecule has 4 nitrogen and oxygen atoms in total. The average Bonchev–Trinajstić information content (AvgIpc) is 2.73. The topological polar surface area (TPSA) is 63.6 Å². The lowest BCUT2D eigenvalue weighted by Crippen LogP contribution is -2.21. The van der Waals surface area contributed by atoms with Gasteiger partial charge in [0.05, 0.1) is 6.42 Å². The Kier molecular flexibility index (Phi) is 22.4. The SMILES string of the molecule is C=CCCCCCCCCC(=O)OC(CCCCCCCCCCCCC)CC(=O)O. The number of aliphatic carboxylic acids is 1. The summed E-state index contributed by atoms with van der Waals surface area (Å²) in [6.07, 6.45) is 24.0. The van der Waals surface area contributed by atoms with E-state index in [0.717, 1.165) is 38.5 Å². The van der Waals surface area contributed by atoms with Crippen molar-refractivity contribution in [3.8, 4) is 0 Å². The number of hydrogen-bond donors (Lipinski definition) is 1. The van der Waals surface area contributed by atoms with Crippen molar-refractivity contribution in [2.24, 2.45) is 0 Å². The van der Waals surface area contributed by atoms with Crippen molar-refractivity contribution in [3.63, 3.8) is 0 Å². The molecular formula is C27H50O4. The summed E-state index contributed by atoms with van der Waals surface area (Å²) in [7, 11) is 0. The van der Waals surface area contributed by atoms with E-state index in [-0.39, 0.29) is 12.4 Å². The maximum atomic E-state index is 12.1. The van der Waals surface area contributed by atoms with Crippen LogP contribution in [0.25, 0.3) is 0 Å². The van der Waals surface area contributed by atoms with Gasteiger partial charge in [-0.05, 0) is 32.1 Å². The van der Waals surface area contributed by atoms with Gasteiger partial charge in [0.15, 0.2) is 0 Å². The van der Waals surface area contributed by atoms with E-state index in [1.165, 1.54) is 77.0 Å². The predicted molar refractivity (Wildman–Crippen MR) is 130 cm³/mol. The lowest BCUT2D eigenvalue weighted by atomic mass is 10.0. The number of carboxylic acid groups (broad SMARTS) is 1. The molecule has 1 atom stereocenters. The third kappa shape index (κ3) is 23.2. The highest BCUT2D eigenvalue weighted by Crippen LogP contribution is 2.16. The summed E-state index contributed by atoms with van der Waals surface area (Å²) in [6.45, 7) is 5.98. The number of hydrogen-bond acceptors (Lipinski definition) is 3. The molecule has 0 heterocycles. The Bertz CT molecular complexity index is 433. The fourth-order valence-corrected chi connectivity index (χ4v) is 3.94. The van der Waals surface area contributed by atoms with Crippen molar-refractivity contribution in [3.05, 3.63) is 12.7 Å². The van der Waals surface area contributed by atoms with E-state index in [1.807, 2.05) is 6.08 Å². The van der Waals surface area contributed by atoms with Crippen LogP contribution >= 0.6 is 0 Å². The fraction of sp³-hybridized carbons (Fsp3) is 0.852. The van der Waals surface area contributed by atoms with Crippen LogP contribution in [0.15, 0.2) is 12.7 Å². The van der Waals surface area contributed by atoms with Gasteiger partial charge in [0, 0.05) is 6.42 Å². The van der Waals surface area contributed by atoms with Crippen LogP contribution in [-0.2, 0) is 14.3 Å². The molecule has 0 bridgehead atoms. The summed E-state index contributed by atoms with van der Waals surface area (Å²) >= 11 is 0. The van der Waals surface area contributed by atoms with Gasteiger partial charge in [-0.1, -0.05) is 103 Å². The standard InChI is InChI=1S/C27H50O4/c1-3-5-7-9-11-13-14-15-16-18-20-22-25(24-26(28)29)31-27(30)23-21-19-17-12-10-8-6-4-2/h4,25H,2-3,5-24H2,1H3,(H,28,29). The molecule has 0 radical (unpaired) electrons. The van der Waals surface area contributed by atoms with Gasteiger partial charge in [-0.3, -0.25) is 9.59 Å². The molecule has 0 rings (SSSR count). The van der Waals surface area contributed by atoms with Crippen LogP contribution in [0.3, 0.4) is 0 Å². The van der Waals surface area contributed by atoms with E-state index in [9.17, 15) is 9.59 Å². The summed E-state index contributed by atoms with van der Waals surface area (Å²) < 4.78 is 5.48. The third-order valence-electron chi connectivity index (χ3n) is 5.87. The van der Waals surface area contributed by atoms with Crippen LogP contribution in [0.1, 0.15) is 142 Å². The molecule has 1 unspecified atom stereocenters. The van der Waals surface area contributed by atoms with Gasteiger partial charge in [-0.15, -0.1) is 6.58 Å². The monoisotopic (exact) mass is 438 g/mol. The number of carbonyl (C=O) groups is 2. The Balaban J connectivity index is 3.75. The Morgan fingerprint density at radius 2 is 1.26 bits per heavy atom. The Morgan fingerprint density at radius 3 is 1.77 bits per heavy atom. The number of rotatable bonds is 24. The molecule has 0 aliphatic rings. The van der Waals surface area contributed by atoms with Crippen molar-refractivity contribution in [1.82, 2.24) is 0 Å². The van der Waals surface area contributed by atoms with Gasteiger partial charge in [0.2, 0.25) is 0 Å². The van der Waals surface area contributed by atoms with Crippen LogP contribution in [0.5, 0.6) is 0 Å². The number of allylic oxidation sites excluding steroid dienone is 1. The molecule has 0 fully saturated rings. The zero-order valence-corrected chi connectivity index (χ0v) is 20.4. The summed E-state index contributed by atoms with van der Waals surface area (Å²) in [5, 5.41) is 9.11. The molecule has 4 heteroatoms. The van der Waals surface area contributed by atoms with E-state index in [4.69, 9.17) is 9.84 Å². The minimum atomic E-state index is -0.889. The first-order chi connectivity index (χ1) is 15.1. The van der Waals surface area contributed by atoms with Crippen LogP contribution in [0, 0.1) is 0 Å². The highest BCUT2D eigenvalue weighted by molar-refractivity contribution is 5.71. The molecule has 1 N–H and O–H groups in total. The maximum absolute atomic E-state index is 12.1. The third-order valence-corrected chi connectivity index (χ3v) is 5.87. The number of esters is 1. The first-order valence-corrected chi connectivity index (χ1v) is 13.1. The largest absolute Gasteiger partial charge is 0.481 e. The maximum Gasteiger partial charge on any atom is 0.307 e. The zero-order valence-electron chi connectivity index (χ0n) is 20.4. The lowest BCUT2D eigenvalue weighted by molar-refractivity contribution is -0.153. The van der Waals surface area contributed by atoms with Gasteiger partial charge in [0.1, 0.15) is 6.10 Å². The molecule has 0 aliphatic carbocycles. The van der Waals surface area contributed by atoms with Gasteiger partial charge >= 0.3 is 11.9 Å². The minimum Gasteiger partial charge on any atom is -0.481 e. The predicted octanol–water partition coefficient (Wildman–Crippen LogP) is 8.38. The van der Waals surface area contributed by atoms with Crippen molar-refractivity contribution in [1.29, 1.82) is 0 Å². The molecule has 0 aromatic carbocycles. The van der Waals surface area contributed by atoms with Gasteiger partial charge < -0.3 is 9.84 Å². The van der Waals surface area contributed by atoms with Crippen LogP contribution in [-0.4, -0.2) is 23.1 Å². The molecule has 182 valence electrons. The lowest BCUT2D eigenvalue weighted by Gasteiger charge is -2.16. The smallest absolute Gasteiger partial charge is 0.307 e. The molecule has 0 aromatic heterocycles. The van der Waals surface area contributed by atoms with E-state index in [0.29, 0.717) is 12.8 Å². The van der Waals surface area contributed by atoms with Crippen molar-refractivity contribution in [2.45, 2.75) is 148 Å². The van der Waals surface area contributed by atoms with Gasteiger partial charge in [-0.2, -0.15) is 0 Å². The van der Waals surface area contributed by atoms with E-state index in [1.54, 1.807) is 0 Å². The molecule has 0 aromatic rings. The molecule has 0 spiro atoms. The average molecular weight is 439 g/mol. The molecule has 31 heavy (non-hydrogen) atoms. The first-order valence-electron chi connectivity index (χ1n) is 13.1. The Labute approximate surface area is 192 Å². The summed E-state index contributed by atoms with van der Waals surface area (Å²) in [6, 6.07) is 0. The van der Waals surface area contributed by atoms with E-state index >= 15 is 0 Å². The quantitative estimate of drug-likeness (QED) is 0.0933. The second-order valence-corrected chi connectivity index (χ2v) is 8.98. The summed E-state index contributed by atoms with van der Waals surface area (Å²) in [4.78, 5) is 23.2. The number of unbranched alkanes of at least 4 members (excludes halogenated alkanes) is 16. The second-order valence-electron chi connectivity index (χ2n) is 8.98. The van der Waals surface area contributed by atoms with Crippen LogP contribution < -0.4 is 0 Å².